The number of rotatable bonds is 5. The number of hydrogen-bond acceptors (Lipinski definition) is 5. The summed E-state index contributed by atoms with van der Waals surface area (Å²) >= 11 is 0. The smallest absolute Gasteiger partial charge is 0.239 e. The van der Waals surface area contributed by atoms with Gasteiger partial charge in [-0.2, -0.15) is 0 Å². The van der Waals surface area contributed by atoms with E-state index in [1.165, 1.54) is 0 Å². The average molecular weight is 354 g/mol. The molecule has 0 spiro atoms. The van der Waals surface area contributed by atoms with E-state index in [0.29, 0.717) is 24.7 Å². The Bertz CT molecular complexity index is 710. The number of carbonyl (C=O) groups excluding carboxylic acids is 1. The van der Waals surface area contributed by atoms with Gasteiger partial charge in [0.25, 0.3) is 0 Å². The van der Waals surface area contributed by atoms with Crippen molar-refractivity contribution < 1.29 is 9.53 Å². The second kappa shape index (κ2) is 8.27. The molecule has 0 unspecified atom stereocenters. The Morgan fingerprint density at radius 2 is 1.77 bits per heavy atom. The molecule has 2 heterocycles. The first-order valence-corrected chi connectivity index (χ1v) is 9.13. The first kappa shape index (κ1) is 18.3. The van der Waals surface area contributed by atoms with Gasteiger partial charge in [-0.3, -0.25) is 4.79 Å². The molecular formula is C20H26N4O2. The van der Waals surface area contributed by atoms with Crippen molar-refractivity contribution in [2.75, 3.05) is 13.1 Å². The van der Waals surface area contributed by atoms with Crippen LogP contribution in [0.15, 0.2) is 42.7 Å². The highest BCUT2D eigenvalue weighted by Crippen LogP contribution is 2.21. The summed E-state index contributed by atoms with van der Waals surface area (Å²) < 4.78 is 5.99. The maximum absolute atomic E-state index is 12.3. The molecule has 1 aromatic heterocycles. The van der Waals surface area contributed by atoms with E-state index >= 15 is 0 Å². The second-order valence-electron chi connectivity index (χ2n) is 7.02. The fourth-order valence-corrected chi connectivity index (χ4v) is 3.00. The van der Waals surface area contributed by atoms with Crippen LogP contribution in [-0.2, 0) is 4.79 Å². The number of amides is 1. The first-order chi connectivity index (χ1) is 12.5. The molecule has 6 heteroatoms. The number of carbonyl (C=O) groups is 1. The Hall–Kier alpha value is -2.47. The fraction of sp³-hybridized carbons (Fsp3) is 0.450. The van der Waals surface area contributed by atoms with Gasteiger partial charge in [-0.1, -0.05) is 44.2 Å². The van der Waals surface area contributed by atoms with Crippen LogP contribution in [-0.4, -0.2) is 46.0 Å². The third-order valence-corrected chi connectivity index (χ3v) is 4.72. The Kier molecular flexibility index (Phi) is 5.83. The summed E-state index contributed by atoms with van der Waals surface area (Å²) in [6, 6.07) is 9.42. The summed E-state index contributed by atoms with van der Waals surface area (Å²) in [7, 11) is 0. The predicted octanol–water partition coefficient (Wildman–Crippen LogP) is 2.50. The van der Waals surface area contributed by atoms with Crippen LogP contribution in [0.3, 0.4) is 0 Å². The van der Waals surface area contributed by atoms with Crippen molar-refractivity contribution in [3.8, 4) is 17.1 Å². The van der Waals surface area contributed by atoms with Crippen molar-refractivity contribution in [1.82, 2.24) is 14.9 Å². The van der Waals surface area contributed by atoms with E-state index in [-0.39, 0.29) is 17.9 Å². The van der Waals surface area contributed by atoms with Crippen LogP contribution >= 0.6 is 0 Å². The summed E-state index contributed by atoms with van der Waals surface area (Å²) in [5.74, 6) is 1.53. The standard InChI is InChI=1S/C20H26N4O2/c1-14(2)18(21)20(25)24-10-8-16(9-11-24)26-17-12-22-19(23-13-17)15-6-4-3-5-7-15/h3-7,12-14,16,18H,8-11,21H2,1-2H3/t18-/m0/s1. The third-order valence-electron chi connectivity index (χ3n) is 4.72. The molecule has 3 rings (SSSR count). The van der Waals surface area contributed by atoms with E-state index < -0.39 is 6.04 Å². The van der Waals surface area contributed by atoms with Gasteiger partial charge in [-0.25, -0.2) is 9.97 Å². The normalized spacial score (nSPS) is 16.5. The molecule has 1 atom stereocenters. The van der Waals surface area contributed by atoms with Crippen LogP contribution in [0.5, 0.6) is 5.75 Å². The minimum atomic E-state index is -0.425. The zero-order chi connectivity index (χ0) is 18.5. The van der Waals surface area contributed by atoms with Crippen LogP contribution in [0.2, 0.25) is 0 Å². The van der Waals surface area contributed by atoms with Gasteiger partial charge < -0.3 is 15.4 Å². The SMILES string of the molecule is CC(C)[C@H](N)C(=O)N1CCC(Oc2cnc(-c3ccccc3)nc2)CC1. The second-order valence-corrected chi connectivity index (χ2v) is 7.02. The van der Waals surface area contributed by atoms with Crippen molar-refractivity contribution in [3.05, 3.63) is 42.7 Å². The minimum Gasteiger partial charge on any atom is -0.487 e. The molecule has 1 aliphatic heterocycles. The number of benzene rings is 1. The molecule has 1 amide bonds. The van der Waals surface area contributed by atoms with Crippen molar-refractivity contribution in [3.63, 3.8) is 0 Å². The zero-order valence-electron chi connectivity index (χ0n) is 15.3. The van der Waals surface area contributed by atoms with Gasteiger partial charge in [0.2, 0.25) is 5.91 Å². The summed E-state index contributed by atoms with van der Waals surface area (Å²) in [6.07, 6.45) is 5.07. The molecule has 1 aromatic carbocycles. The topological polar surface area (TPSA) is 81.3 Å². The minimum absolute atomic E-state index is 0.0361. The molecule has 6 nitrogen and oxygen atoms in total. The highest BCUT2D eigenvalue weighted by Gasteiger charge is 2.28. The van der Waals surface area contributed by atoms with E-state index in [0.717, 1.165) is 18.4 Å². The van der Waals surface area contributed by atoms with Crippen molar-refractivity contribution in [1.29, 1.82) is 0 Å². The monoisotopic (exact) mass is 354 g/mol. The molecule has 1 aliphatic rings. The first-order valence-electron chi connectivity index (χ1n) is 9.13. The lowest BCUT2D eigenvalue weighted by atomic mass is 10.0. The Labute approximate surface area is 154 Å². The molecular weight excluding hydrogens is 328 g/mol. The van der Waals surface area contributed by atoms with Gasteiger partial charge in [0.15, 0.2) is 11.6 Å². The number of aromatic nitrogens is 2. The number of nitrogens with two attached hydrogens (primary N) is 1. The van der Waals surface area contributed by atoms with Gasteiger partial charge in [-0.05, 0) is 5.92 Å². The van der Waals surface area contributed by atoms with Crippen molar-refractivity contribution in [2.24, 2.45) is 11.7 Å². The van der Waals surface area contributed by atoms with Gasteiger partial charge in [0.1, 0.15) is 6.10 Å². The lowest BCUT2D eigenvalue weighted by Crippen LogP contribution is -2.50. The van der Waals surface area contributed by atoms with Crippen LogP contribution in [0.25, 0.3) is 11.4 Å². The molecule has 1 fully saturated rings. The maximum Gasteiger partial charge on any atom is 0.239 e. The number of piperidine rings is 1. The van der Waals surface area contributed by atoms with Gasteiger partial charge in [0.05, 0.1) is 18.4 Å². The van der Waals surface area contributed by atoms with E-state index in [9.17, 15) is 4.79 Å². The lowest BCUT2D eigenvalue weighted by molar-refractivity contribution is -0.135. The number of likely N-dealkylation sites (tertiary alicyclic amines) is 1. The highest BCUT2D eigenvalue weighted by atomic mass is 16.5. The number of ether oxygens (including phenoxy) is 1. The number of nitrogens with zero attached hydrogens (tertiary/aromatic N) is 3. The van der Waals surface area contributed by atoms with E-state index in [1.807, 2.05) is 49.1 Å². The predicted molar refractivity (Wildman–Crippen MR) is 101 cm³/mol. The fourth-order valence-electron chi connectivity index (χ4n) is 3.00. The largest absolute Gasteiger partial charge is 0.487 e. The van der Waals surface area contributed by atoms with Crippen LogP contribution in [0.4, 0.5) is 0 Å². The Morgan fingerprint density at radius 1 is 1.15 bits per heavy atom. The van der Waals surface area contributed by atoms with Crippen LogP contribution < -0.4 is 10.5 Å². The van der Waals surface area contributed by atoms with Crippen molar-refractivity contribution >= 4 is 5.91 Å². The van der Waals surface area contributed by atoms with E-state index in [2.05, 4.69) is 9.97 Å². The number of hydrogen-bond donors (Lipinski definition) is 1. The molecule has 0 saturated carbocycles. The van der Waals surface area contributed by atoms with E-state index in [4.69, 9.17) is 10.5 Å². The third kappa shape index (κ3) is 4.38. The Balaban J connectivity index is 1.53. The molecule has 138 valence electrons. The maximum atomic E-state index is 12.3. The summed E-state index contributed by atoms with van der Waals surface area (Å²) in [5, 5.41) is 0. The summed E-state index contributed by atoms with van der Waals surface area (Å²) in [4.78, 5) is 22.9. The van der Waals surface area contributed by atoms with E-state index in [1.54, 1.807) is 12.4 Å². The van der Waals surface area contributed by atoms with Crippen LogP contribution in [0, 0.1) is 5.92 Å². The summed E-state index contributed by atoms with van der Waals surface area (Å²) in [6.45, 7) is 5.29. The van der Waals surface area contributed by atoms with Crippen LogP contribution in [0.1, 0.15) is 26.7 Å². The average Bonchev–Trinajstić information content (AvgIpc) is 2.68. The molecule has 0 radical (unpaired) electrons. The molecule has 0 bridgehead atoms. The molecule has 26 heavy (non-hydrogen) atoms. The Morgan fingerprint density at radius 3 is 2.35 bits per heavy atom. The molecule has 0 aliphatic carbocycles. The van der Waals surface area contributed by atoms with Gasteiger partial charge in [-0.15, -0.1) is 0 Å². The lowest BCUT2D eigenvalue weighted by Gasteiger charge is -2.34. The summed E-state index contributed by atoms with van der Waals surface area (Å²) in [5.41, 5.74) is 6.95. The van der Waals surface area contributed by atoms with Gasteiger partial charge in [0, 0.05) is 31.5 Å². The van der Waals surface area contributed by atoms with Crippen molar-refractivity contribution in [2.45, 2.75) is 38.8 Å². The molecule has 2 N–H and O–H groups in total. The molecule has 2 aromatic rings. The zero-order valence-corrected chi connectivity index (χ0v) is 15.3. The quantitative estimate of drug-likeness (QED) is 0.892. The highest BCUT2D eigenvalue weighted by molar-refractivity contribution is 5.82. The molecule has 1 saturated heterocycles. The van der Waals surface area contributed by atoms with Gasteiger partial charge >= 0.3 is 0 Å².